The summed E-state index contributed by atoms with van der Waals surface area (Å²) >= 11 is 0. The van der Waals surface area contributed by atoms with Crippen molar-refractivity contribution < 1.29 is 4.79 Å². The normalized spacial score (nSPS) is 18.5. The van der Waals surface area contributed by atoms with Crippen LogP contribution in [-0.2, 0) is 24.1 Å². The summed E-state index contributed by atoms with van der Waals surface area (Å²) in [5.74, 6) is 0.663. The van der Waals surface area contributed by atoms with E-state index in [0.29, 0.717) is 18.1 Å². The van der Waals surface area contributed by atoms with Crippen molar-refractivity contribution in [1.82, 2.24) is 9.80 Å². The molecule has 0 aliphatic carbocycles. The van der Waals surface area contributed by atoms with E-state index in [1.807, 2.05) is 23.1 Å². The van der Waals surface area contributed by atoms with E-state index in [1.54, 1.807) is 0 Å². The first-order valence-corrected chi connectivity index (χ1v) is 11.9. The molecule has 164 valence electrons. The second-order valence-electron chi connectivity index (χ2n) is 8.94. The Kier molecular flexibility index (Phi) is 7.18. The Bertz CT molecular complexity index is 936. The van der Waals surface area contributed by atoms with Crippen molar-refractivity contribution in [2.24, 2.45) is 10.9 Å². The number of rotatable bonds is 8. The van der Waals surface area contributed by atoms with Crippen LogP contribution in [0.4, 0.5) is 5.69 Å². The molecule has 1 fully saturated rings. The van der Waals surface area contributed by atoms with Gasteiger partial charge in [-0.2, -0.15) is 0 Å². The number of fused-ring (bicyclic) bond motifs is 1. The number of likely N-dealkylation sites (tertiary alicyclic amines) is 1. The number of benzene rings is 2. The molecule has 31 heavy (non-hydrogen) atoms. The molecule has 0 spiro atoms. The van der Waals surface area contributed by atoms with Gasteiger partial charge in [-0.05, 0) is 67.8 Å². The molecule has 1 atom stereocenters. The first-order valence-electron chi connectivity index (χ1n) is 11.9. The first-order chi connectivity index (χ1) is 15.2. The Labute approximate surface area is 187 Å². The summed E-state index contributed by atoms with van der Waals surface area (Å²) < 4.78 is 0. The van der Waals surface area contributed by atoms with Crippen LogP contribution < -0.4 is 0 Å². The fourth-order valence-electron chi connectivity index (χ4n) is 4.90. The highest BCUT2D eigenvalue weighted by atomic mass is 16.2. The zero-order valence-corrected chi connectivity index (χ0v) is 19.0. The molecule has 2 aliphatic heterocycles. The molecule has 0 bridgehead atoms. The first kappa shape index (κ1) is 21.8. The Hall–Kier alpha value is -2.46. The second-order valence-corrected chi connectivity index (χ2v) is 8.94. The van der Waals surface area contributed by atoms with Crippen LogP contribution in [0.5, 0.6) is 0 Å². The lowest BCUT2D eigenvalue weighted by atomic mass is 9.96. The molecule has 4 rings (SSSR count). The largest absolute Gasteiger partial charge is 0.338 e. The molecule has 4 heteroatoms. The Morgan fingerprint density at radius 1 is 1.13 bits per heavy atom. The summed E-state index contributed by atoms with van der Waals surface area (Å²) in [6, 6.07) is 17.1. The van der Waals surface area contributed by atoms with Crippen LogP contribution in [0.25, 0.3) is 0 Å². The van der Waals surface area contributed by atoms with Gasteiger partial charge in [0.15, 0.2) is 0 Å². The van der Waals surface area contributed by atoms with Crippen molar-refractivity contribution >= 4 is 17.3 Å². The molecule has 0 N–H and O–H groups in total. The minimum absolute atomic E-state index is 0.118. The molecule has 0 aromatic heterocycles. The van der Waals surface area contributed by atoms with Crippen LogP contribution >= 0.6 is 0 Å². The van der Waals surface area contributed by atoms with Gasteiger partial charge in [-0.15, -0.1) is 0 Å². The molecule has 2 aromatic carbocycles. The molecule has 2 aromatic rings. The number of hydrogen-bond acceptors (Lipinski definition) is 3. The summed E-state index contributed by atoms with van der Waals surface area (Å²) in [7, 11) is 0. The highest BCUT2D eigenvalue weighted by Gasteiger charge is 2.28. The van der Waals surface area contributed by atoms with Gasteiger partial charge >= 0.3 is 0 Å². The van der Waals surface area contributed by atoms with Crippen molar-refractivity contribution in [3.05, 3.63) is 65.2 Å². The lowest BCUT2D eigenvalue weighted by molar-refractivity contribution is -0.124. The van der Waals surface area contributed by atoms with Gasteiger partial charge in [0.25, 0.3) is 5.91 Å². The summed E-state index contributed by atoms with van der Waals surface area (Å²) in [4.78, 5) is 22.4. The van der Waals surface area contributed by atoms with Crippen LogP contribution in [0.1, 0.15) is 43.4 Å². The van der Waals surface area contributed by atoms with Gasteiger partial charge < -0.3 is 9.80 Å². The topological polar surface area (TPSA) is 35.9 Å². The fraction of sp³-hybridized carbons (Fsp3) is 0.481. The van der Waals surface area contributed by atoms with E-state index in [-0.39, 0.29) is 5.91 Å². The number of carbonyl (C=O) groups excluding carboxylic acids is 1. The monoisotopic (exact) mass is 417 g/mol. The molecule has 2 aliphatic rings. The molecule has 4 nitrogen and oxygen atoms in total. The highest BCUT2D eigenvalue weighted by molar-refractivity contribution is 6.40. The maximum atomic E-state index is 13.2. The molecule has 1 amide bonds. The molecule has 1 unspecified atom stereocenters. The van der Waals surface area contributed by atoms with Crippen LogP contribution in [0.15, 0.2) is 53.5 Å². The lowest BCUT2D eigenvalue weighted by Gasteiger charge is -2.35. The molecular weight excluding hydrogens is 382 g/mol. The zero-order chi connectivity index (χ0) is 21.6. The Balaban J connectivity index is 1.31. The third-order valence-electron chi connectivity index (χ3n) is 6.72. The summed E-state index contributed by atoms with van der Waals surface area (Å²) in [5.41, 5.74) is 5.68. The number of piperidine rings is 1. The van der Waals surface area contributed by atoms with E-state index >= 15 is 0 Å². The van der Waals surface area contributed by atoms with Gasteiger partial charge in [0.05, 0.1) is 5.69 Å². The van der Waals surface area contributed by atoms with Crippen LogP contribution in [0.2, 0.25) is 0 Å². The van der Waals surface area contributed by atoms with Gasteiger partial charge in [0.1, 0.15) is 5.71 Å². The number of aryl methyl sites for hydroxylation is 1. The Morgan fingerprint density at radius 2 is 1.97 bits per heavy atom. The number of carbonyl (C=O) groups is 1. The third kappa shape index (κ3) is 5.43. The van der Waals surface area contributed by atoms with E-state index in [9.17, 15) is 4.79 Å². The molecule has 0 radical (unpaired) electrons. The van der Waals surface area contributed by atoms with Crippen LogP contribution in [-0.4, -0.2) is 54.1 Å². The smallest absolute Gasteiger partial charge is 0.268 e. The zero-order valence-electron chi connectivity index (χ0n) is 19.0. The number of amides is 1. The van der Waals surface area contributed by atoms with Crippen molar-refractivity contribution in [3.63, 3.8) is 0 Å². The maximum absolute atomic E-state index is 13.2. The van der Waals surface area contributed by atoms with Crippen molar-refractivity contribution in [3.8, 4) is 0 Å². The van der Waals surface area contributed by atoms with Gasteiger partial charge in [-0.1, -0.05) is 49.4 Å². The van der Waals surface area contributed by atoms with E-state index in [2.05, 4.69) is 54.1 Å². The van der Waals surface area contributed by atoms with E-state index in [4.69, 9.17) is 0 Å². The molecular formula is C27H35N3O. The minimum atomic E-state index is 0.118. The third-order valence-corrected chi connectivity index (χ3v) is 6.72. The predicted molar refractivity (Wildman–Crippen MR) is 128 cm³/mol. The SMILES string of the molecule is CCc1cccc(CCN2CCCC(CN(CC)C(=O)C3=Nc4ccccc4C3)C2)c1. The van der Waals surface area contributed by atoms with Gasteiger partial charge in [-0.25, -0.2) is 4.99 Å². The Morgan fingerprint density at radius 3 is 2.77 bits per heavy atom. The van der Waals surface area contributed by atoms with Crippen LogP contribution in [0.3, 0.4) is 0 Å². The molecule has 0 saturated carbocycles. The minimum Gasteiger partial charge on any atom is -0.338 e. The molecule has 2 heterocycles. The maximum Gasteiger partial charge on any atom is 0.268 e. The average Bonchev–Trinajstić information content (AvgIpc) is 3.25. The molecule has 1 saturated heterocycles. The fourth-order valence-corrected chi connectivity index (χ4v) is 4.90. The number of nitrogens with zero attached hydrogens (tertiary/aromatic N) is 3. The number of para-hydroxylation sites is 1. The van der Waals surface area contributed by atoms with Gasteiger partial charge in [0, 0.05) is 32.6 Å². The lowest BCUT2D eigenvalue weighted by Crippen LogP contribution is -2.45. The van der Waals surface area contributed by atoms with Crippen molar-refractivity contribution in [2.45, 2.75) is 46.0 Å². The van der Waals surface area contributed by atoms with Crippen molar-refractivity contribution in [1.29, 1.82) is 0 Å². The number of aliphatic imine (C=N–C) groups is 1. The average molecular weight is 418 g/mol. The van der Waals surface area contributed by atoms with Crippen LogP contribution in [0, 0.1) is 5.92 Å². The summed E-state index contributed by atoms with van der Waals surface area (Å²) in [6.45, 7) is 9.25. The summed E-state index contributed by atoms with van der Waals surface area (Å²) in [5, 5.41) is 0. The van der Waals surface area contributed by atoms with Gasteiger partial charge in [0.2, 0.25) is 0 Å². The van der Waals surface area contributed by atoms with E-state index in [1.165, 1.54) is 30.5 Å². The van der Waals surface area contributed by atoms with E-state index in [0.717, 1.165) is 50.3 Å². The van der Waals surface area contributed by atoms with E-state index < -0.39 is 0 Å². The predicted octanol–water partition coefficient (Wildman–Crippen LogP) is 4.68. The number of hydrogen-bond donors (Lipinski definition) is 0. The quantitative estimate of drug-likeness (QED) is 0.625. The second kappa shape index (κ2) is 10.2. The van der Waals surface area contributed by atoms with Crippen molar-refractivity contribution in [2.75, 3.05) is 32.7 Å². The highest BCUT2D eigenvalue weighted by Crippen LogP contribution is 2.27. The summed E-state index contributed by atoms with van der Waals surface area (Å²) in [6.07, 6.45) is 5.29. The standard InChI is InChI=1S/C27H35N3O/c1-3-21-9-7-10-22(17-21)14-16-29-15-8-11-23(19-29)20-30(4-2)27(31)26-18-24-12-5-6-13-25(24)28-26/h5-7,9-10,12-13,17,23H,3-4,8,11,14-16,18-20H2,1-2H3. The van der Waals surface area contributed by atoms with Gasteiger partial charge in [-0.3, -0.25) is 4.79 Å².